The van der Waals surface area contributed by atoms with Crippen molar-refractivity contribution in [2.24, 2.45) is 5.73 Å². The van der Waals surface area contributed by atoms with Gasteiger partial charge >= 0.3 is 0 Å². The molecular formula is C13H18ClN3OS. The number of hydrogen-bond acceptors (Lipinski definition) is 3. The largest absolute Gasteiger partial charge is 0.393 e. The lowest BCUT2D eigenvalue weighted by atomic mass is 10.2. The van der Waals surface area contributed by atoms with Crippen molar-refractivity contribution >= 4 is 40.4 Å². The Kier molecular flexibility index (Phi) is 6.21. The number of nitrogens with zero attached hydrogens (tertiary/aromatic N) is 1. The zero-order valence-electron chi connectivity index (χ0n) is 11.0. The summed E-state index contributed by atoms with van der Waals surface area (Å²) in [7, 11) is 1.87. The molecule has 0 fully saturated rings. The number of amides is 1. The first-order valence-electron chi connectivity index (χ1n) is 5.92. The number of benzene rings is 1. The summed E-state index contributed by atoms with van der Waals surface area (Å²) in [6.07, 6.45) is 0.597. The standard InChI is InChI=1S/C13H18ClN3OS/c1-9(7-12(15)19)17(2)8-13(18)16-11-5-3-10(14)4-6-11/h3-6,9H,7-8H2,1-2H3,(H2,15,19)(H,16,18). The monoisotopic (exact) mass is 299 g/mol. The van der Waals surface area contributed by atoms with Crippen LogP contribution < -0.4 is 11.1 Å². The lowest BCUT2D eigenvalue weighted by molar-refractivity contribution is -0.117. The highest BCUT2D eigenvalue weighted by Gasteiger charge is 2.13. The van der Waals surface area contributed by atoms with Crippen LogP contribution in [0.2, 0.25) is 5.02 Å². The van der Waals surface area contributed by atoms with E-state index >= 15 is 0 Å². The van der Waals surface area contributed by atoms with Crippen molar-refractivity contribution in [3.63, 3.8) is 0 Å². The minimum Gasteiger partial charge on any atom is -0.393 e. The van der Waals surface area contributed by atoms with Gasteiger partial charge in [0, 0.05) is 23.2 Å². The van der Waals surface area contributed by atoms with E-state index in [4.69, 9.17) is 29.6 Å². The summed E-state index contributed by atoms with van der Waals surface area (Å²) < 4.78 is 0. The summed E-state index contributed by atoms with van der Waals surface area (Å²) in [6.45, 7) is 2.27. The summed E-state index contributed by atoms with van der Waals surface area (Å²) >= 11 is 10.6. The van der Waals surface area contributed by atoms with Crippen molar-refractivity contribution in [3.05, 3.63) is 29.3 Å². The van der Waals surface area contributed by atoms with E-state index in [2.05, 4.69) is 5.32 Å². The van der Waals surface area contributed by atoms with Gasteiger partial charge in [0.1, 0.15) is 0 Å². The van der Waals surface area contributed by atoms with E-state index in [0.29, 0.717) is 16.4 Å². The van der Waals surface area contributed by atoms with Crippen LogP contribution in [0, 0.1) is 0 Å². The molecule has 0 aromatic heterocycles. The van der Waals surface area contributed by atoms with Crippen molar-refractivity contribution in [1.82, 2.24) is 4.90 Å². The molecular weight excluding hydrogens is 282 g/mol. The van der Waals surface area contributed by atoms with Crippen molar-refractivity contribution in [3.8, 4) is 0 Å². The average molecular weight is 300 g/mol. The molecule has 0 bridgehead atoms. The van der Waals surface area contributed by atoms with Crippen molar-refractivity contribution in [2.45, 2.75) is 19.4 Å². The Bertz CT molecular complexity index is 450. The summed E-state index contributed by atoms with van der Waals surface area (Å²) in [6, 6.07) is 7.12. The van der Waals surface area contributed by atoms with Gasteiger partial charge in [-0.15, -0.1) is 0 Å². The maximum atomic E-state index is 11.8. The number of carbonyl (C=O) groups is 1. The van der Waals surface area contributed by atoms with Crippen LogP contribution in [0.5, 0.6) is 0 Å². The maximum absolute atomic E-state index is 11.8. The van der Waals surface area contributed by atoms with Crippen LogP contribution in [-0.2, 0) is 4.79 Å². The summed E-state index contributed by atoms with van der Waals surface area (Å²) in [4.78, 5) is 14.2. The van der Waals surface area contributed by atoms with Gasteiger partial charge in [0.25, 0.3) is 0 Å². The molecule has 19 heavy (non-hydrogen) atoms. The summed E-state index contributed by atoms with van der Waals surface area (Å²) in [5.74, 6) is -0.0837. The SMILES string of the molecule is CC(CC(N)=S)N(C)CC(=O)Nc1ccc(Cl)cc1. The van der Waals surface area contributed by atoms with E-state index in [1.165, 1.54) is 0 Å². The van der Waals surface area contributed by atoms with Gasteiger partial charge in [-0.2, -0.15) is 0 Å². The van der Waals surface area contributed by atoms with E-state index in [9.17, 15) is 4.79 Å². The Labute approximate surface area is 123 Å². The molecule has 1 atom stereocenters. The minimum atomic E-state index is -0.0837. The van der Waals surface area contributed by atoms with Crippen LogP contribution in [0.15, 0.2) is 24.3 Å². The molecule has 6 heteroatoms. The molecule has 0 aliphatic rings. The quantitative estimate of drug-likeness (QED) is 0.791. The maximum Gasteiger partial charge on any atom is 0.238 e. The predicted molar refractivity (Wildman–Crippen MR) is 83.6 cm³/mol. The van der Waals surface area contributed by atoms with Gasteiger partial charge in [-0.1, -0.05) is 23.8 Å². The van der Waals surface area contributed by atoms with Crippen molar-refractivity contribution < 1.29 is 4.79 Å². The summed E-state index contributed by atoms with van der Waals surface area (Å²) in [5, 5.41) is 3.44. The van der Waals surface area contributed by atoms with E-state index in [-0.39, 0.29) is 18.5 Å². The number of anilines is 1. The third-order valence-electron chi connectivity index (χ3n) is 2.77. The van der Waals surface area contributed by atoms with Gasteiger partial charge in [-0.25, -0.2) is 0 Å². The van der Waals surface area contributed by atoms with Gasteiger partial charge in [-0.05, 0) is 38.2 Å². The fourth-order valence-electron chi connectivity index (χ4n) is 1.56. The normalized spacial score (nSPS) is 12.2. The molecule has 1 aromatic rings. The number of carbonyl (C=O) groups excluding carboxylic acids is 1. The molecule has 0 saturated heterocycles. The first-order chi connectivity index (χ1) is 8.88. The zero-order chi connectivity index (χ0) is 14.4. The first-order valence-corrected chi connectivity index (χ1v) is 6.71. The molecule has 4 nitrogen and oxygen atoms in total. The second-order valence-electron chi connectivity index (χ2n) is 4.49. The molecule has 0 heterocycles. The van der Waals surface area contributed by atoms with Crippen molar-refractivity contribution in [1.29, 1.82) is 0 Å². The van der Waals surface area contributed by atoms with Gasteiger partial charge in [-0.3, -0.25) is 9.69 Å². The van der Waals surface area contributed by atoms with Crippen LogP contribution in [0.4, 0.5) is 5.69 Å². The Balaban J connectivity index is 2.46. The molecule has 1 unspecified atom stereocenters. The molecule has 0 radical (unpaired) electrons. The predicted octanol–water partition coefficient (Wildman–Crippen LogP) is 2.28. The topological polar surface area (TPSA) is 58.4 Å². The van der Waals surface area contributed by atoms with E-state index in [0.717, 1.165) is 5.69 Å². The lowest BCUT2D eigenvalue weighted by Crippen LogP contribution is -2.38. The highest BCUT2D eigenvalue weighted by molar-refractivity contribution is 7.80. The Hall–Kier alpha value is -1.17. The first kappa shape index (κ1) is 15.9. The molecule has 1 aromatic carbocycles. The van der Waals surface area contributed by atoms with E-state index in [1.54, 1.807) is 24.3 Å². The second kappa shape index (κ2) is 7.43. The van der Waals surface area contributed by atoms with Crippen LogP contribution in [0.1, 0.15) is 13.3 Å². The van der Waals surface area contributed by atoms with Crippen LogP contribution in [0.25, 0.3) is 0 Å². The van der Waals surface area contributed by atoms with E-state index < -0.39 is 0 Å². The number of halogens is 1. The minimum absolute atomic E-state index is 0.0837. The van der Waals surface area contributed by atoms with Crippen LogP contribution >= 0.6 is 23.8 Å². The third-order valence-corrected chi connectivity index (χ3v) is 3.19. The number of thiocarbonyl (C=S) groups is 1. The number of nitrogens with two attached hydrogens (primary N) is 1. The average Bonchev–Trinajstić information content (AvgIpc) is 2.31. The molecule has 104 valence electrons. The Morgan fingerprint density at radius 1 is 1.47 bits per heavy atom. The van der Waals surface area contributed by atoms with Crippen LogP contribution in [0.3, 0.4) is 0 Å². The highest BCUT2D eigenvalue weighted by atomic mass is 35.5. The number of hydrogen-bond donors (Lipinski definition) is 2. The number of likely N-dealkylation sites (N-methyl/N-ethyl adjacent to an activating group) is 1. The zero-order valence-corrected chi connectivity index (χ0v) is 12.6. The second-order valence-corrected chi connectivity index (χ2v) is 5.45. The van der Waals surface area contributed by atoms with Crippen molar-refractivity contribution in [2.75, 3.05) is 18.9 Å². The molecule has 0 saturated carbocycles. The molecule has 0 aliphatic carbocycles. The number of nitrogens with one attached hydrogen (secondary N) is 1. The lowest BCUT2D eigenvalue weighted by Gasteiger charge is -2.23. The smallest absolute Gasteiger partial charge is 0.238 e. The van der Waals surface area contributed by atoms with Gasteiger partial charge in [0.05, 0.1) is 11.5 Å². The highest BCUT2D eigenvalue weighted by Crippen LogP contribution is 2.13. The van der Waals surface area contributed by atoms with Gasteiger partial charge in [0.15, 0.2) is 0 Å². The summed E-state index contributed by atoms with van der Waals surface area (Å²) in [5.41, 5.74) is 6.22. The Morgan fingerprint density at radius 3 is 2.58 bits per heavy atom. The molecule has 1 rings (SSSR count). The Morgan fingerprint density at radius 2 is 2.05 bits per heavy atom. The third kappa shape index (κ3) is 6.00. The fraction of sp³-hybridized carbons (Fsp3) is 0.385. The number of rotatable bonds is 6. The molecule has 3 N–H and O–H groups in total. The van der Waals surface area contributed by atoms with E-state index in [1.807, 2.05) is 18.9 Å². The fourth-order valence-corrected chi connectivity index (χ4v) is 1.93. The van der Waals surface area contributed by atoms with Gasteiger partial charge in [0.2, 0.25) is 5.91 Å². The molecule has 0 aliphatic heterocycles. The van der Waals surface area contributed by atoms with Gasteiger partial charge < -0.3 is 11.1 Å². The molecule has 0 spiro atoms. The molecule has 1 amide bonds. The van der Waals surface area contributed by atoms with Crippen LogP contribution in [-0.4, -0.2) is 35.4 Å².